The Bertz CT molecular complexity index is 414. The lowest BCUT2D eigenvalue weighted by Gasteiger charge is -2.26. The minimum atomic E-state index is 0.326. The Morgan fingerprint density at radius 1 is 1.14 bits per heavy atom. The lowest BCUT2D eigenvalue weighted by molar-refractivity contribution is 0.0312. The number of ether oxygens (including phenoxy) is 3. The molecule has 0 amide bonds. The van der Waals surface area contributed by atoms with Gasteiger partial charge in [0.1, 0.15) is 0 Å². The molecule has 1 heterocycles. The molecule has 0 aliphatic heterocycles. The largest absolute Gasteiger partial charge is 0.481 e. The fraction of sp³-hybridized carbons (Fsp3) is 0.714. The summed E-state index contributed by atoms with van der Waals surface area (Å²) in [5.74, 6) is 1.40. The second-order valence-electron chi connectivity index (χ2n) is 5.11. The third-order valence-corrected chi connectivity index (χ3v) is 3.56. The van der Waals surface area contributed by atoms with Gasteiger partial charge < -0.3 is 25.3 Å². The molecular formula is C14H24N4O3. The highest BCUT2D eigenvalue weighted by Crippen LogP contribution is 2.20. The van der Waals surface area contributed by atoms with Crippen LogP contribution in [-0.2, 0) is 4.74 Å². The van der Waals surface area contributed by atoms with Gasteiger partial charge in [0.2, 0.25) is 17.7 Å². The molecule has 0 saturated heterocycles. The maximum Gasteiger partial charge on any atom is 0.229 e. The van der Waals surface area contributed by atoms with E-state index in [0.717, 1.165) is 25.7 Å². The summed E-state index contributed by atoms with van der Waals surface area (Å²) in [7, 11) is 3.12. The Morgan fingerprint density at radius 2 is 1.76 bits per heavy atom. The highest BCUT2D eigenvalue weighted by atomic mass is 16.5. The number of methoxy groups -OCH3 is 2. The van der Waals surface area contributed by atoms with E-state index in [9.17, 15) is 0 Å². The molecule has 21 heavy (non-hydrogen) atoms. The summed E-state index contributed by atoms with van der Waals surface area (Å²) >= 11 is 0. The summed E-state index contributed by atoms with van der Waals surface area (Å²) in [6.07, 6.45) is 4.52. The highest BCUT2D eigenvalue weighted by molar-refractivity contribution is 5.33. The number of nitrogens with zero attached hydrogens (tertiary/aromatic N) is 2. The molecule has 1 saturated carbocycles. The van der Waals surface area contributed by atoms with Crippen molar-refractivity contribution in [3.05, 3.63) is 6.07 Å². The van der Waals surface area contributed by atoms with E-state index in [1.807, 2.05) is 0 Å². The molecule has 0 unspecified atom stereocenters. The van der Waals surface area contributed by atoms with Crippen LogP contribution in [0.4, 0.5) is 5.95 Å². The van der Waals surface area contributed by atoms with E-state index in [-0.39, 0.29) is 0 Å². The molecule has 118 valence electrons. The standard InChI is InChI=1S/C14H24N4O3/c1-19-12-9-13(20-2)18-14(17-12)16-7-8-21-11-5-3-10(15)4-6-11/h9-11H,3-8,15H2,1-2H3,(H,16,17,18). The first-order valence-corrected chi connectivity index (χ1v) is 7.29. The first kappa shape index (κ1) is 15.8. The number of rotatable bonds is 7. The van der Waals surface area contributed by atoms with E-state index >= 15 is 0 Å². The van der Waals surface area contributed by atoms with Crippen LogP contribution in [0.1, 0.15) is 25.7 Å². The van der Waals surface area contributed by atoms with Gasteiger partial charge in [0.15, 0.2) is 0 Å². The third-order valence-electron chi connectivity index (χ3n) is 3.56. The van der Waals surface area contributed by atoms with Gasteiger partial charge >= 0.3 is 0 Å². The Morgan fingerprint density at radius 3 is 2.33 bits per heavy atom. The Hall–Kier alpha value is -1.60. The van der Waals surface area contributed by atoms with Gasteiger partial charge in [0.25, 0.3) is 0 Å². The number of nitrogens with one attached hydrogen (secondary N) is 1. The average molecular weight is 296 g/mol. The average Bonchev–Trinajstić information content (AvgIpc) is 2.53. The van der Waals surface area contributed by atoms with Crippen molar-refractivity contribution in [2.75, 3.05) is 32.7 Å². The van der Waals surface area contributed by atoms with Gasteiger partial charge in [0.05, 0.1) is 33.0 Å². The molecular weight excluding hydrogens is 272 g/mol. The van der Waals surface area contributed by atoms with Crippen molar-refractivity contribution in [2.24, 2.45) is 5.73 Å². The van der Waals surface area contributed by atoms with E-state index in [2.05, 4.69) is 15.3 Å². The van der Waals surface area contributed by atoms with Gasteiger partial charge in [-0.1, -0.05) is 0 Å². The smallest absolute Gasteiger partial charge is 0.229 e. The van der Waals surface area contributed by atoms with Crippen LogP contribution in [0.15, 0.2) is 6.07 Å². The molecule has 1 aromatic heterocycles. The molecule has 7 heteroatoms. The first-order chi connectivity index (χ1) is 10.2. The van der Waals surface area contributed by atoms with Gasteiger partial charge in [-0.05, 0) is 25.7 Å². The third kappa shape index (κ3) is 5.02. The van der Waals surface area contributed by atoms with Crippen LogP contribution in [-0.4, -0.2) is 49.5 Å². The molecule has 0 aromatic carbocycles. The van der Waals surface area contributed by atoms with Crippen molar-refractivity contribution in [1.29, 1.82) is 0 Å². The molecule has 3 N–H and O–H groups in total. The lowest BCUT2D eigenvalue weighted by Crippen LogP contribution is -2.31. The van der Waals surface area contributed by atoms with Crippen LogP contribution >= 0.6 is 0 Å². The first-order valence-electron chi connectivity index (χ1n) is 7.29. The molecule has 2 rings (SSSR count). The van der Waals surface area contributed by atoms with E-state index in [4.69, 9.17) is 19.9 Å². The Labute approximate surface area is 125 Å². The summed E-state index contributed by atoms with van der Waals surface area (Å²) in [6.45, 7) is 1.25. The quantitative estimate of drug-likeness (QED) is 0.730. The lowest BCUT2D eigenvalue weighted by atomic mass is 9.94. The zero-order chi connectivity index (χ0) is 15.1. The number of hydrogen-bond donors (Lipinski definition) is 2. The van der Waals surface area contributed by atoms with Crippen molar-refractivity contribution in [1.82, 2.24) is 9.97 Å². The van der Waals surface area contributed by atoms with Crippen LogP contribution in [0.5, 0.6) is 11.8 Å². The van der Waals surface area contributed by atoms with Gasteiger partial charge in [0, 0.05) is 12.6 Å². The molecule has 1 fully saturated rings. The zero-order valence-corrected chi connectivity index (χ0v) is 12.7. The maximum absolute atomic E-state index is 5.87. The molecule has 0 spiro atoms. The van der Waals surface area contributed by atoms with Crippen LogP contribution in [0, 0.1) is 0 Å². The summed E-state index contributed by atoms with van der Waals surface area (Å²) in [4.78, 5) is 8.40. The predicted molar refractivity (Wildman–Crippen MR) is 79.8 cm³/mol. The minimum Gasteiger partial charge on any atom is -0.481 e. The molecule has 0 radical (unpaired) electrons. The second kappa shape index (κ2) is 7.99. The minimum absolute atomic E-state index is 0.326. The van der Waals surface area contributed by atoms with E-state index in [0.29, 0.717) is 43.0 Å². The van der Waals surface area contributed by atoms with Crippen molar-refractivity contribution in [3.63, 3.8) is 0 Å². The SMILES string of the molecule is COc1cc(OC)nc(NCCOC2CCC(N)CC2)n1. The maximum atomic E-state index is 5.87. The molecule has 1 aliphatic carbocycles. The van der Waals surface area contributed by atoms with Crippen LogP contribution < -0.4 is 20.5 Å². The van der Waals surface area contributed by atoms with Crippen molar-refractivity contribution in [2.45, 2.75) is 37.8 Å². The van der Waals surface area contributed by atoms with E-state index in [1.54, 1.807) is 20.3 Å². The highest BCUT2D eigenvalue weighted by Gasteiger charge is 2.18. The van der Waals surface area contributed by atoms with Crippen LogP contribution in [0.25, 0.3) is 0 Å². The topological polar surface area (TPSA) is 91.5 Å². The molecule has 7 nitrogen and oxygen atoms in total. The predicted octanol–water partition coefficient (Wildman–Crippen LogP) is 1.19. The number of aromatic nitrogens is 2. The molecule has 1 aromatic rings. The molecule has 0 atom stereocenters. The van der Waals surface area contributed by atoms with Crippen molar-refractivity contribution < 1.29 is 14.2 Å². The van der Waals surface area contributed by atoms with Gasteiger partial charge in [-0.15, -0.1) is 0 Å². The van der Waals surface area contributed by atoms with Crippen molar-refractivity contribution >= 4 is 5.95 Å². The Balaban J connectivity index is 1.73. The second-order valence-corrected chi connectivity index (χ2v) is 5.11. The number of nitrogens with two attached hydrogens (primary N) is 1. The summed E-state index contributed by atoms with van der Waals surface area (Å²) in [5, 5.41) is 3.11. The Kier molecular flexibility index (Phi) is 6.01. The molecule has 0 bridgehead atoms. The summed E-state index contributed by atoms with van der Waals surface area (Å²) in [5.41, 5.74) is 5.87. The summed E-state index contributed by atoms with van der Waals surface area (Å²) < 4.78 is 16.0. The number of anilines is 1. The molecule has 1 aliphatic rings. The fourth-order valence-corrected chi connectivity index (χ4v) is 2.34. The number of hydrogen-bond acceptors (Lipinski definition) is 7. The van der Waals surface area contributed by atoms with Gasteiger partial charge in [-0.2, -0.15) is 9.97 Å². The van der Waals surface area contributed by atoms with Gasteiger partial charge in [-0.25, -0.2) is 0 Å². The van der Waals surface area contributed by atoms with Gasteiger partial charge in [-0.3, -0.25) is 0 Å². The van der Waals surface area contributed by atoms with Crippen LogP contribution in [0.2, 0.25) is 0 Å². The normalized spacial score (nSPS) is 21.9. The van der Waals surface area contributed by atoms with E-state index < -0.39 is 0 Å². The summed E-state index contributed by atoms with van der Waals surface area (Å²) in [6, 6.07) is 1.98. The van der Waals surface area contributed by atoms with Crippen molar-refractivity contribution in [3.8, 4) is 11.8 Å². The van der Waals surface area contributed by atoms with Crippen LogP contribution in [0.3, 0.4) is 0 Å². The monoisotopic (exact) mass is 296 g/mol. The fourth-order valence-electron chi connectivity index (χ4n) is 2.34. The van der Waals surface area contributed by atoms with E-state index in [1.165, 1.54) is 0 Å². The zero-order valence-electron chi connectivity index (χ0n) is 12.7.